The Labute approximate surface area is 107 Å². The second-order valence-electron chi connectivity index (χ2n) is 4.49. The Balaban J connectivity index is 2.52. The SMILES string of the molecule is CC(=O)c1c(F)cccc1OCCOCC(C)C. The Morgan fingerprint density at radius 2 is 2.06 bits per heavy atom. The molecule has 3 nitrogen and oxygen atoms in total. The summed E-state index contributed by atoms with van der Waals surface area (Å²) in [6.07, 6.45) is 0. The normalized spacial score (nSPS) is 10.7. The molecule has 0 N–H and O–H groups in total. The summed E-state index contributed by atoms with van der Waals surface area (Å²) in [4.78, 5) is 11.3. The summed E-state index contributed by atoms with van der Waals surface area (Å²) in [6.45, 7) is 6.82. The average Bonchev–Trinajstić information content (AvgIpc) is 2.27. The Morgan fingerprint density at radius 1 is 1.33 bits per heavy atom. The highest BCUT2D eigenvalue weighted by Gasteiger charge is 2.13. The molecule has 1 aromatic rings. The van der Waals surface area contributed by atoms with Crippen molar-refractivity contribution in [3.8, 4) is 5.75 Å². The maximum absolute atomic E-state index is 13.4. The quantitative estimate of drug-likeness (QED) is 0.554. The van der Waals surface area contributed by atoms with Crippen LogP contribution in [0.3, 0.4) is 0 Å². The number of benzene rings is 1. The number of halogens is 1. The fourth-order valence-electron chi connectivity index (χ4n) is 1.50. The number of ketones is 1. The third-order valence-corrected chi connectivity index (χ3v) is 2.26. The third-order valence-electron chi connectivity index (χ3n) is 2.26. The van der Waals surface area contributed by atoms with Gasteiger partial charge in [0.05, 0.1) is 12.2 Å². The zero-order valence-corrected chi connectivity index (χ0v) is 11.0. The van der Waals surface area contributed by atoms with Crippen LogP contribution in [0.25, 0.3) is 0 Å². The third kappa shape index (κ3) is 4.45. The van der Waals surface area contributed by atoms with Gasteiger partial charge in [0.2, 0.25) is 0 Å². The van der Waals surface area contributed by atoms with Crippen LogP contribution in [0.2, 0.25) is 0 Å². The van der Waals surface area contributed by atoms with E-state index < -0.39 is 5.82 Å². The molecule has 0 saturated heterocycles. The first kappa shape index (κ1) is 14.6. The first-order valence-electron chi connectivity index (χ1n) is 6.02. The van der Waals surface area contributed by atoms with E-state index in [1.54, 1.807) is 6.07 Å². The molecule has 1 aromatic carbocycles. The van der Waals surface area contributed by atoms with Crippen LogP contribution < -0.4 is 4.74 Å². The molecule has 0 aliphatic heterocycles. The van der Waals surface area contributed by atoms with Crippen LogP contribution in [0.15, 0.2) is 18.2 Å². The molecule has 0 unspecified atom stereocenters. The average molecular weight is 254 g/mol. The molecular weight excluding hydrogens is 235 g/mol. The van der Waals surface area contributed by atoms with Gasteiger partial charge in [0, 0.05) is 6.61 Å². The second kappa shape index (κ2) is 7.11. The van der Waals surface area contributed by atoms with E-state index >= 15 is 0 Å². The van der Waals surface area contributed by atoms with Crippen LogP contribution in [0.5, 0.6) is 5.75 Å². The minimum atomic E-state index is -0.553. The molecule has 100 valence electrons. The maximum atomic E-state index is 13.4. The van der Waals surface area contributed by atoms with Gasteiger partial charge in [-0.05, 0) is 25.0 Å². The van der Waals surface area contributed by atoms with E-state index in [1.807, 2.05) is 0 Å². The monoisotopic (exact) mass is 254 g/mol. The van der Waals surface area contributed by atoms with Crippen molar-refractivity contribution in [2.45, 2.75) is 20.8 Å². The summed E-state index contributed by atoms with van der Waals surface area (Å²) in [6, 6.07) is 4.35. The molecular formula is C14H19FO3. The van der Waals surface area contributed by atoms with E-state index in [0.717, 1.165) is 0 Å². The zero-order valence-electron chi connectivity index (χ0n) is 11.0. The van der Waals surface area contributed by atoms with Gasteiger partial charge in [-0.1, -0.05) is 19.9 Å². The van der Waals surface area contributed by atoms with Crippen LogP contribution in [-0.4, -0.2) is 25.6 Å². The number of rotatable bonds is 7. The van der Waals surface area contributed by atoms with Gasteiger partial charge in [-0.25, -0.2) is 4.39 Å². The molecule has 0 aliphatic rings. The highest BCUT2D eigenvalue weighted by Crippen LogP contribution is 2.21. The summed E-state index contributed by atoms with van der Waals surface area (Å²) in [5, 5.41) is 0. The predicted octanol–water partition coefficient (Wildman–Crippen LogP) is 3.08. The van der Waals surface area contributed by atoms with Crippen molar-refractivity contribution in [2.24, 2.45) is 5.92 Å². The molecule has 0 atom stereocenters. The van der Waals surface area contributed by atoms with Crippen molar-refractivity contribution in [2.75, 3.05) is 19.8 Å². The van der Waals surface area contributed by atoms with Gasteiger partial charge in [0.15, 0.2) is 5.78 Å². The predicted molar refractivity (Wildman–Crippen MR) is 67.6 cm³/mol. The zero-order chi connectivity index (χ0) is 13.5. The Bertz CT molecular complexity index is 402. The summed E-state index contributed by atoms with van der Waals surface area (Å²) in [5.41, 5.74) is 0.00126. The lowest BCUT2D eigenvalue weighted by molar-refractivity contribution is 0.0809. The van der Waals surface area contributed by atoms with E-state index in [-0.39, 0.29) is 17.1 Å². The first-order valence-corrected chi connectivity index (χ1v) is 6.02. The summed E-state index contributed by atoms with van der Waals surface area (Å²) < 4.78 is 24.2. The number of Topliss-reactive ketones (excluding diaryl/α,β-unsaturated/α-hetero) is 1. The van der Waals surface area contributed by atoms with E-state index in [9.17, 15) is 9.18 Å². The van der Waals surface area contributed by atoms with Gasteiger partial charge < -0.3 is 9.47 Å². The van der Waals surface area contributed by atoms with Crippen molar-refractivity contribution in [1.29, 1.82) is 0 Å². The molecule has 0 fully saturated rings. The lowest BCUT2D eigenvalue weighted by atomic mass is 10.1. The smallest absolute Gasteiger partial charge is 0.166 e. The van der Waals surface area contributed by atoms with Gasteiger partial charge in [0.25, 0.3) is 0 Å². The largest absolute Gasteiger partial charge is 0.490 e. The van der Waals surface area contributed by atoms with Crippen LogP contribution in [0, 0.1) is 11.7 Å². The second-order valence-corrected chi connectivity index (χ2v) is 4.49. The highest BCUT2D eigenvalue weighted by atomic mass is 19.1. The number of hydrogen-bond acceptors (Lipinski definition) is 3. The van der Waals surface area contributed by atoms with Crippen molar-refractivity contribution in [3.63, 3.8) is 0 Å². The summed E-state index contributed by atoms with van der Waals surface area (Å²) in [5.74, 6) is -0.156. The lowest BCUT2D eigenvalue weighted by Gasteiger charge is -2.11. The van der Waals surface area contributed by atoms with Crippen molar-refractivity contribution in [1.82, 2.24) is 0 Å². The standard InChI is InChI=1S/C14H19FO3/c1-10(2)9-17-7-8-18-13-6-4-5-12(15)14(13)11(3)16/h4-6,10H,7-9H2,1-3H3. The van der Waals surface area contributed by atoms with Gasteiger partial charge in [0.1, 0.15) is 18.2 Å². The molecule has 1 rings (SSSR count). The van der Waals surface area contributed by atoms with Crippen molar-refractivity contribution in [3.05, 3.63) is 29.6 Å². The van der Waals surface area contributed by atoms with Crippen LogP contribution in [0.4, 0.5) is 4.39 Å². The Morgan fingerprint density at radius 3 is 2.67 bits per heavy atom. The molecule has 0 aromatic heterocycles. The molecule has 0 bridgehead atoms. The maximum Gasteiger partial charge on any atom is 0.166 e. The highest BCUT2D eigenvalue weighted by molar-refractivity contribution is 5.97. The molecule has 4 heteroatoms. The molecule has 0 radical (unpaired) electrons. The van der Waals surface area contributed by atoms with E-state index in [4.69, 9.17) is 9.47 Å². The first-order chi connectivity index (χ1) is 8.52. The number of ether oxygens (including phenoxy) is 2. The van der Waals surface area contributed by atoms with Gasteiger partial charge >= 0.3 is 0 Å². The number of carbonyl (C=O) groups excluding carboxylic acids is 1. The van der Waals surface area contributed by atoms with Crippen molar-refractivity contribution >= 4 is 5.78 Å². The molecule has 0 amide bonds. The Kier molecular flexibility index (Phi) is 5.78. The van der Waals surface area contributed by atoms with Crippen molar-refractivity contribution < 1.29 is 18.7 Å². The molecule has 0 aliphatic carbocycles. The van der Waals surface area contributed by atoms with Gasteiger partial charge in [-0.2, -0.15) is 0 Å². The fourth-order valence-corrected chi connectivity index (χ4v) is 1.50. The summed E-state index contributed by atoms with van der Waals surface area (Å²) >= 11 is 0. The number of carbonyl (C=O) groups is 1. The fraction of sp³-hybridized carbons (Fsp3) is 0.500. The van der Waals surface area contributed by atoms with Gasteiger partial charge in [-0.3, -0.25) is 4.79 Å². The summed E-state index contributed by atoms with van der Waals surface area (Å²) in [7, 11) is 0. The van der Waals surface area contributed by atoms with E-state index in [0.29, 0.717) is 25.7 Å². The molecule has 0 spiro atoms. The minimum Gasteiger partial charge on any atom is -0.490 e. The minimum absolute atomic E-state index is 0.00126. The van der Waals surface area contributed by atoms with Crippen LogP contribution in [0.1, 0.15) is 31.1 Å². The Hall–Kier alpha value is -1.42. The van der Waals surface area contributed by atoms with Crippen LogP contribution >= 0.6 is 0 Å². The van der Waals surface area contributed by atoms with Crippen LogP contribution in [-0.2, 0) is 4.74 Å². The van der Waals surface area contributed by atoms with Gasteiger partial charge in [-0.15, -0.1) is 0 Å². The molecule has 0 heterocycles. The molecule has 0 saturated carbocycles. The molecule has 18 heavy (non-hydrogen) atoms. The lowest BCUT2D eigenvalue weighted by Crippen LogP contribution is -2.12. The topological polar surface area (TPSA) is 35.5 Å². The number of hydrogen-bond donors (Lipinski definition) is 0. The van der Waals surface area contributed by atoms with E-state index in [1.165, 1.54) is 19.1 Å². The van der Waals surface area contributed by atoms with E-state index in [2.05, 4.69) is 13.8 Å².